The van der Waals surface area contributed by atoms with E-state index in [1.165, 1.54) is 14.0 Å². The van der Waals surface area contributed by atoms with Crippen LogP contribution in [0, 0.1) is 5.92 Å². The summed E-state index contributed by atoms with van der Waals surface area (Å²) < 4.78 is 5.68. The van der Waals surface area contributed by atoms with Crippen LogP contribution in [-0.2, 0) is 33.7 Å². The molecule has 0 aliphatic heterocycles. The molecule has 1 unspecified atom stereocenters. The van der Waals surface area contributed by atoms with E-state index in [1.54, 1.807) is 5.94 Å². The van der Waals surface area contributed by atoms with Crippen molar-refractivity contribution in [3.63, 3.8) is 0 Å². The van der Waals surface area contributed by atoms with E-state index in [0.29, 0.717) is 36.2 Å². The third kappa shape index (κ3) is 4.24. The first-order chi connectivity index (χ1) is 15.2. The molecule has 0 aromatic heterocycles. The highest BCUT2D eigenvalue weighted by Gasteiger charge is 2.67. The highest BCUT2D eigenvalue weighted by Crippen LogP contribution is 2.58. The lowest BCUT2D eigenvalue weighted by Gasteiger charge is -2.29. The third-order valence-corrected chi connectivity index (χ3v) is 6.23. The SMILES string of the molecule is CNC1=C(C(C)=O)C2=C(CC1=C=O)C2(OOCC(=O)O)C(=O)OC1CCC(C(N)=S)CC1. The van der Waals surface area contributed by atoms with E-state index in [1.807, 2.05) is 0 Å². The molecule has 1 atom stereocenters. The van der Waals surface area contributed by atoms with E-state index >= 15 is 0 Å². The Kier molecular flexibility index (Phi) is 6.94. The Hall–Kier alpha value is -2.85. The number of carboxylic acids is 1. The lowest BCUT2D eigenvalue weighted by atomic mass is 9.87. The molecule has 3 aliphatic rings. The number of carbonyl (C=O) groups excluding carboxylic acids is 3. The summed E-state index contributed by atoms with van der Waals surface area (Å²) in [5.41, 5.74) is 4.81. The number of likely N-dealkylation sites (N-methyl/N-ethyl adjacent to an activating group) is 1. The van der Waals surface area contributed by atoms with Crippen molar-refractivity contribution >= 4 is 40.9 Å². The van der Waals surface area contributed by atoms with Gasteiger partial charge in [0, 0.05) is 30.5 Å². The van der Waals surface area contributed by atoms with Crippen molar-refractivity contribution in [3.8, 4) is 0 Å². The molecule has 32 heavy (non-hydrogen) atoms. The van der Waals surface area contributed by atoms with Crippen molar-refractivity contribution in [2.24, 2.45) is 11.7 Å². The van der Waals surface area contributed by atoms with Gasteiger partial charge in [-0.05, 0) is 38.2 Å². The number of ether oxygens (including phenoxy) is 1. The fourth-order valence-electron chi connectivity index (χ4n) is 4.33. The number of Topliss-reactive ketones (excluding diaryl/α,β-unsaturated/α-hetero) is 1. The van der Waals surface area contributed by atoms with Gasteiger partial charge < -0.3 is 20.9 Å². The maximum atomic E-state index is 13.3. The van der Waals surface area contributed by atoms with Gasteiger partial charge in [0.2, 0.25) is 5.60 Å². The third-order valence-electron chi connectivity index (χ3n) is 5.90. The summed E-state index contributed by atoms with van der Waals surface area (Å²) in [6.07, 6.45) is 1.98. The van der Waals surface area contributed by atoms with Crippen LogP contribution < -0.4 is 11.1 Å². The number of allylic oxidation sites excluding steroid dienone is 1. The van der Waals surface area contributed by atoms with Crippen molar-refractivity contribution in [2.45, 2.75) is 50.7 Å². The van der Waals surface area contributed by atoms with Crippen LogP contribution >= 0.6 is 12.2 Å². The molecule has 1 fully saturated rings. The van der Waals surface area contributed by atoms with E-state index in [9.17, 15) is 19.2 Å². The van der Waals surface area contributed by atoms with Gasteiger partial charge in [-0.3, -0.25) is 4.79 Å². The maximum absolute atomic E-state index is 13.3. The van der Waals surface area contributed by atoms with Gasteiger partial charge in [-0.1, -0.05) is 12.2 Å². The molecule has 0 spiro atoms. The van der Waals surface area contributed by atoms with Crippen molar-refractivity contribution in [1.29, 1.82) is 0 Å². The lowest BCUT2D eigenvalue weighted by molar-refractivity contribution is -0.324. The van der Waals surface area contributed by atoms with Gasteiger partial charge >= 0.3 is 11.9 Å². The molecule has 4 N–H and O–H groups in total. The Balaban J connectivity index is 1.87. The summed E-state index contributed by atoms with van der Waals surface area (Å²) in [5, 5.41) is 11.7. The van der Waals surface area contributed by atoms with Gasteiger partial charge in [-0.25, -0.2) is 24.2 Å². The number of hydrogen-bond acceptors (Lipinski definition) is 9. The topological polar surface area (TPSA) is 154 Å². The standard InChI is InChI=1S/C21H24N2O8S/c1-10(25)16-17-14(7-12(8-24)18(16)23-2)21(17,31-29-9-15(26)27)20(28)30-13-5-3-11(4-6-13)19(22)32/h11,13,23H,3-7,9H2,1-2H3,(H2,22,32)(H,26,27). The van der Waals surface area contributed by atoms with Crippen LogP contribution in [0.25, 0.3) is 0 Å². The Morgan fingerprint density at radius 3 is 2.44 bits per heavy atom. The average Bonchev–Trinajstić information content (AvgIpc) is 3.39. The lowest BCUT2D eigenvalue weighted by Crippen LogP contribution is -2.39. The van der Waals surface area contributed by atoms with Crippen molar-refractivity contribution in [1.82, 2.24) is 5.32 Å². The number of thiocarbonyl (C=S) groups is 1. The zero-order chi connectivity index (χ0) is 23.6. The molecule has 0 aromatic rings. The fourth-order valence-corrected chi connectivity index (χ4v) is 4.56. The number of nitrogens with two attached hydrogens (primary N) is 1. The second-order valence-corrected chi connectivity index (χ2v) is 8.34. The summed E-state index contributed by atoms with van der Waals surface area (Å²) >= 11 is 5.03. The van der Waals surface area contributed by atoms with Crippen molar-refractivity contribution in [2.75, 3.05) is 13.7 Å². The molecule has 3 rings (SSSR count). The predicted octanol–water partition coefficient (Wildman–Crippen LogP) is 0.681. The molecular formula is C21H24N2O8S. The summed E-state index contributed by atoms with van der Waals surface area (Å²) in [4.78, 5) is 58.6. The van der Waals surface area contributed by atoms with Crippen molar-refractivity contribution < 1.29 is 38.8 Å². The van der Waals surface area contributed by atoms with Crippen LogP contribution in [0.4, 0.5) is 0 Å². The number of carbonyl (C=O) groups is 3. The minimum absolute atomic E-state index is 0.0223. The summed E-state index contributed by atoms with van der Waals surface area (Å²) in [5.74, 6) is -0.677. The minimum Gasteiger partial charge on any atom is -0.479 e. The highest BCUT2D eigenvalue weighted by molar-refractivity contribution is 7.80. The Labute approximate surface area is 189 Å². The summed E-state index contributed by atoms with van der Waals surface area (Å²) in [7, 11) is 1.53. The molecule has 0 heterocycles. The van der Waals surface area contributed by atoms with Crippen LogP contribution in [0.1, 0.15) is 39.0 Å². The molecule has 1 saturated carbocycles. The Morgan fingerprint density at radius 1 is 1.28 bits per heavy atom. The quantitative estimate of drug-likeness (QED) is 0.145. The molecule has 172 valence electrons. The molecule has 0 amide bonds. The molecule has 10 nitrogen and oxygen atoms in total. The number of ketones is 1. The maximum Gasteiger partial charge on any atom is 0.351 e. The first-order valence-corrected chi connectivity index (χ1v) is 10.5. The number of carboxylic acid groups (broad SMARTS) is 1. The van der Waals surface area contributed by atoms with Crippen LogP contribution in [0.15, 0.2) is 28.0 Å². The number of rotatable bonds is 9. The van der Waals surface area contributed by atoms with Crippen LogP contribution in [0.3, 0.4) is 0 Å². The van der Waals surface area contributed by atoms with Crippen LogP contribution in [0.2, 0.25) is 0 Å². The largest absolute Gasteiger partial charge is 0.479 e. The number of nitrogens with one attached hydrogen (secondary N) is 1. The van der Waals surface area contributed by atoms with E-state index in [0.717, 1.165) is 0 Å². The summed E-state index contributed by atoms with van der Waals surface area (Å²) in [6.45, 7) is 0.456. The Bertz CT molecular complexity index is 986. The van der Waals surface area contributed by atoms with Gasteiger partial charge in [-0.15, -0.1) is 0 Å². The minimum atomic E-state index is -1.89. The molecule has 0 radical (unpaired) electrons. The van der Waals surface area contributed by atoms with E-state index in [2.05, 4.69) is 5.32 Å². The average molecular weight is 464 g/mol. The number of aliphatic carboxylic acids is 1. The van der Waals surface area contributed by atoms with Gasteiger partial charge in [0.05, 0.1) is 16.3 Å². The van der Waals surface area contributed by atoms with Gasteiger partial charge in [0.1, 0.15) is 12.0 Å². The van der Waals surface area contributed by atoms with Gasteiger partial charge in [-0.2, -0.15) is 0 Å². The molecule has 0 aromatic carbocycles. The van der Waals surface area contributed by atoms with Gasteiger partial charge in [0.15, 0.2) is 12.4 Å². The predicted molar refractivity (Wildman–Crippen MR) is 114 cm³/mol. The highest BCUT2D eigenvalue weighted by atomic mass is 32.1. The molecule has 11 heteroatoms. The molecule has 3 aliphatic carbocycles. The summed E-state index contributed by atoms with van der Waals surface area (Å²) in [6, 6.07) is 0. The zero-order valence-corrected chi connectivity index (χ0v) is 18.5. The number of esters is 1. The second-order valence-electron chi connectivity index (χ2n) is 7.87. The van der Waals surface area contributed by atoms with E-state index in [-0.39, 0.29) is 34.8 Å². The zero-order valence-electron chi connectivity index (χ0n) is 17.7. The van der Waals surface area contributed by atoms with Gasteiger partial charge in [0.25, 0.3) is 0 Å². The van der Waals surface area contributed by atoms with Crippen LogP contribution in [-0.4, -0.2) is 59.1 Å². The second kappa shape index (κ2) is 9.33. The smallest absolute Gasteiger partial charge is 0.351 e. The monoisotopic (exact) mass is 464 g/mol. The normalized spacial score (nSPS) is 26.8. The fraction of sp³-hybridized carbons (Fsp3) is 0.524. The molecular weight excluding hydrogens is 440 g/mol. The molecule has 0 saturated heterocycles. The number of hydrogen-bond donors (Lipinski definition) is 3. The first-order valence-electron chi connectivity index (χ1n) is 10.1. The van der Waals surface area contributed by atoms with Crippen LogP contribution in [0.5, 0.6) is 0 Å². The van der Waals surface area contributed by atoms with E-state index < -0.39 is 36.0 Å². The van der Waals surface area contributed by atoms with Crippen molar-refractivity contribution in [3.05, 3.63) is 28.0 Å². The van der Waals surface area contributed by atoms with E-state index in [4.69, 9.17) is 37.6 Å². The Morgan fingerprint density at radius 2 is 1.94 bits per heavy atom. The molecule has 0 bridgehead atoms. The first kappa shape index (κ1) is 23.8.